The van der Waals surface area contributed by atoms with E-state index in [1.807, 2.05) is 39.0 Å². The van der Waals surface area contributed by atoms with Crippen molar-refractivity contribution in [3.8, 4) is 11.1 Å². The second-order valence-electron chi connectivity index (χ2n) is 6.40. The van der Waals surface area contributed by atoms with Crippen LogP contribution in [0.1, 0.15) is 26.3 Å². The van der Waals surface area contributed by atoms with E-state index < -0.39 is 11.7 Å². The smallest absolute Gasteiger partial charge is 0.407 e. The summed E-state index contributed by atoms with van der Waals surface area (Å²) in [6.07, 6.45) is -0.467. The first-order valence-electron chi connectivity index (χ1n) is 7.46. The molecule has 0 saturated carbocycles. The van der Waals surface area contributed by atoms with Gasteiger partial charge >= 0.3 is 6.09 Å². The number of nitrogen functional groups attached to an aromatic ring is 1. The van der Waals surface area contributed by atoms with Crippen LogP contribution in [0, 0.1) is 0 Å². The van der Waals surface area contributed by atoms with Gasteiger partial charge in [-0.3, -0.25) is 0 Å². The maximum atomic E-state index is 11.7. The molecule has 6 heteroatoms. The Hall–Kier alpha value is -1.91. The summed E-state index contributed by atoms with van der Waals surface area (Å²) in [5, 5.41) is 3.81. The number of halogens is 2. The number of alkyl carbamates (subject to hydrolysis) is 1. The zero-order valence-electron chi connectivity index (χ0n) is 13.8. The number of carbonyl (C=O) groups is 1. The fourth-order valence-electron chi connectivity index (χ4n) is 2.16. The van der Waals surface area contributed by atoms with Crippen LogP contribution >= 0.6 is 23.2 Å². The molecule has 128 valence electrons. The number of benzene rings is 2. The van der Waals surface area contributed by atoms with Crippen molar-refractivity contribution in [1.82, 2.24) is 5.32 Å². The number of ether oxygens (including phenoxy) is 1. The highest BCUT2D eigenvalue weighted by Crippen LogP contribution is 2.34. The molecule has 24 heavy (non-hydrogen) atoms. The van der Waals surface area contributed by atoms with E-state index in [9.17, 15) is 4.79 Å². The van der Waals surface area contributed by atoms with Gasteiger partial charge in [0.25, 0.3) is 0 Å². The van der Waals surface area contributed by atoms with Gasteiger partial charge in [0.2, 0.25) is 0 Å². The minimum absolute atomic E-state index is 0.327. The van der Waals surface area contributed by atoms with Gasteiger partial charge in [0.15, 0.2) is 0 Å². The molecule has 2 aromatic rings. The Bertz CT molecular complexity index is 755. The summed E-state index contributed by atoms with van der Waals surface area (Å²) in [6.45, 7) is 5.77. The fourth-order valence-corrected chi connectivity index (χ4v) is 2.67. The van der Waals surface area contributed by atoms with Gasteiger partial charge in [-0.05, 0) is 44.5 Å². The molecule has 2 aromatic carbocycles. The molecular weight excluding hydrogens is 347 g/mol. The lowest BCUT2D eigenvalue weighted by Gasteiger charge is -2.19. The molecule has 0 aliphatic rings. The number of nitrogens with two attached hydrogens (primary N) is 1. The van der Waals surface area contributed by atoms with Gasteiger partial charge in [-0.25, -0.2) is 4.79 Å². The summed E-state index contributed by atoms with van der Waals surface area (Å²) in [7, 11) is 0. The molecule has 0 aliphatic heterocycles. The molecule has 2 rings (SSSR count). The lowest BCUT2D eigenvalue weighted by Crippen LogP contribution is -2.32. The highest BCUT2D eigenvalue weighted by atomic mass is 35.5. The van der Waals surface area contributed by atoms with Crippen molar-refractivity contribution in [2.24, 2.45) is 0 Å². The largest absolute Gasteiger partial charge is 0.444 e. The van der Waals surface area contributed by atoms with Crippen LogP contribution < -0.4 is 11.1 Å². The Kier molecular flexibility index (Phi) is 5.62. The zero-order valence-corrected chi connectivity index (χ0v) is 15.3. The van der Waals surface area contributed by atoms with E-state index in [1.54, 1.807) is 18.2 Å². The van der Waals surface area contributed by atoms with Crippen molar-refractivity contribution in [3.63, 3.8) is 0 Å². The van der Waals surface area contributed by atoms with Crippen LogP contribution in [0.2, 0.25) is 10.0 Å². The van der Waals surface area contributed by atoms with Crippen molar-refractivity contribution in [2.75, 3.05) is 5.73 Å². The minimum Gasteiger partial charge on any atom is -0.444 e. The van der Waals surface area contributed by atoms with Gasteiger partial charge in [-0.1, -0.05) is 41.4 Å². The quantitative estimate of drug-likeness (QED) is 0.727. The van der Waals surface area contributed by atoms with E-state index in [1.165, 1.54) is 0 Å². The number of amides is 1. The standard InChI is InChI=1S/C18H20Cl2N2O2/c1-18(2,3)24-17(23)22-10-11-4-6-14(16(21)8-11)13-7-5-12(19)9-15(13)20/h4-9H,10,21H2,1-3H3,(H,22,23). The van der Waals surface area contributed by atoms with Crippen molar-refractivity contribution in [2.45, 2.75) is 32.9 Å². The third-order valence-corrected chi connectivity index (χ3v) is 3.72. The van der Waals surface area contributed by atoms with E-state index in [0.717, 1.165) is 16.7 Å². The molecule has 0 saturated heterocycles. The average molecular weight is 367 g/mol. The van der Waals surface area contributed by atoms with Crippen LogP contribution in [0.4, 0.5) is 10.5 Å². The lowest BCUT2D eigenvalue weighted by atomic mass is 10.0. The summed E-state index contributed by atoms with van der Waals surface area (Å²) in [6, 6.07) is 10.8. The Morgan fingerprint density at radius 3 is 2.38 bits per heavy atom. The van der Waals surface area contributed by atoms with Crippen molar-refractivity contribution in [1.29, 1.82) is 0 Å². The average Bonchev–Trinajstić information content (AvgIpc) is 2.44. The van der Waals surface area contributed by atoms with Crippen LogP contribution in [-0.2, 0) is 11.3 Å². The van der Waals surface area contributed by atoms with Gasteiger partial charge in [-0.2, -0.15) is 0 Å². The van der Waals surface area contributed by atoms with Crippen LogP contribution in [0.15, 0.2) is 36.4 Å². The van der Waals surface area contributed by atoms with Crippen LogP contribution in [0.3, 0.4) is 0 Å². The first kappa shape index (κ1) is 18.4. The van der Waals surface area contributed by atoms with Gasteiger partial charge in [0.1, 0.15) is 5.60 Å². The molecule has 1 amide bonds. The van der Waals surface area contributed by atoms with E-state index in [0.29, 0.717) is 22.3 Å². The predicted octanol–water partition coefficient (Wildman–Crippen LogP) is 5.27. The molecule has 0 heterocycles. The second kappa shape index (κ2) is 7.32. The molecule has 4 nitrogen and oxygen atoms in total. The molecule has 0 aromatic heterocycles. The predicted molar refractivity (Wildman–Crippen MR) is 99.4 cm³/mol. The molecule has 0 unspecified atom stereocenters. The van der Waals surface area contributed by atoms with Crippen LogP contribution in [-0.4, -0.2) is 11.7 Å². The van der Waals surface area contributed by atoms with Gasteiger partial charge in [0, 0.05) is 33.4 Å². The Balaban J connectivity index is 2.11. The van der Waals surface area contributed by atoms with Gasteiger partial charge in [0.05, 0.1) is 0 Å². The fraction of sp³-hybridized carbons (Fsp3) is 0.278. The second-order valence-corrected chi connectivity index (χ2v) is 7.24. The monoisotopic (exact) mass is 366 g/mol. The molecule has 0 radical (unpaired) electrons. The zero-order chi connectivity index (χ0) is 17.9. The van der Waals surface area contributed by atoms with Gasteiger partial charge in [-0.15, -0.1) is 0 Å². The summed E-state index contributed by atoms with van der Waals surface area (Å²) in [4.78, 5) is 11.7. The maximum absolute atomic E-state index is 11.7. The maximum Gasteiger partial charge on any atom is 0.407 e. The molecule has 0 spiro atoms. The summed E-state index contributed by atoms with van der Waals surface area (Å²) in [5.74, 6) is 0. The molecule has 0 aliphatic carbocycles. The number of nitrogens with one attached hydrogen (secondary N) is 1. The van der Waals surface area contributed by atoms with E-state index in [2.05, 4.69) is 5.32 Å². The third-order valence-electron chi connectivity index (χ3n) is 3.17. The highest BCUT2D eigenvalue weighted by Gasteiger charge is 2.16. The first-order chi connectivity index (χ1) is 11.2. The summed E-state index contributed by atoms with van der Waals surface area (Å²) < 4.78 is 5.20. The normalized spacial score (nSPS) is 11.2. The summed E-state index contributed by atoms with van der Waals surface area (Å²) >= 11 is 12.1. The Morgan fingerprint density at radius 2 is 1.79 bits per heavy atom. The number of anilines is 1. The third kappa shape index (κ3) is 5.05. The molecule has 0 atom stereocenters. The molecule has 0 fully saturated rings. The van der Waals surface area contributed by atoms with Crippen molar-refractivity contribution >= 4 is 35.0 Å². The van der Waals surface area contributed by atoms with E-state index in [-0.39, 0.29) is 0 Å². The Labute approximate surface area is 151 Å². The first-order valence-corrected chi connectivity index (χ1v) is 8.22. The van der Waals surface area contributed by atoms with Crippen LogP contribution in [0.25, 0.3) is 11.1 Å². The van der Waals surface area contributed by atoms with Gasteiger partial charge < -0.3 is 15.8 Å². The van der Waals surface area contributed by atoms with E-state index >= 15 is 0 Å². The topological polar surface area (TPSA) is 64.3 Å². The molecular formula is C18H20Cl2N2O2. The lowest BCUT2D eigenvalue weighted by molar-refractivity contribution is 0.0523. The van der Waals surface area contributed by atoms with E-state index in [4.69, 9.17) is 33.7 Å². The highest BCUT2D eigenvalue weighted by molar-refractivity contribution is 6.36. The van der Waals surface area contributed by atoms with Crippen LogP contribution in [0.5, 0.6) is 0 Å². The van der Waals surface area contributed by atoms with Crippen molar-refractivity contribution < 1.29 is 9.53 Å². The number of hydrogen-bond acceptors (Lipinski definition) is 3. The number of rotatable bonds is 3. The Morgan fingerprint density at radius 1 is 1.12 bits per heavy atom. The summed E-state index contributed by atoms with van der Waals surface area (Å²) in [5.41, 5.74) is 8.67. The SMILES string of the molecule is CC(C)(C)OC(=O)NCc1ccc(-c2ccc(Cl)cc2Cl)c(N)c1. The number of carbonyl (C=O) groups excluding carboxylic acids is 1. The molecule has 3 N–H and O–H groups in total. The minimum atomic E-state index is -0.529. The van der Waals surface area contributed by atoms with Crippen molar-refractivity contribution in [3.05, 3.63) is 52.0 Å². The number of hydrogen-bond donors (Lipinski definition) is 2. The molecule has 0 bridgehead atoms.